The van der Waals surface area contributed by atoms with Crippen LogP contribution in [0.3, 0.4) is 0 Å². The molecule has 3 N–H and O–H groups in total. The highest BCUT2D eigenvalue weighted by Crippen LogP contribution is 2.13. The van der Waals surface area contributed by atoms with Gasteiger partial charge in [0, 0.05) is 13.2 Å². The summed E-state index contributed by atoms with van der Waals surface area (Å²) in [5.74, 6) is -0.359. The minimum Gasteiger partial charge on any atom is -0.387 e. The molecule has 20 heavy (non-hydrogen) atoms. The van der Waals surface area contributed by atoms with Crippen LogP contribution in [0.2, 0.25) is 0 Å². The second-order valence-corrected chi connectivity index (χ2v) is 4.89. The van der Waals surface area contributed by atoms with Crippen molar-refractivity contribution in [1.82, 2.24) is 10.6 Å². The van der Waals surface area contributed by atoms with E-state index in [0.29, 0.717) is 12.2 Å². The van der Waals surface area contributed by atoms with Crippen LogP contribution in [-0.2, 0) is 4.74 Å². The Morgan fingerprint density at radius 2 is 2.20 bits per heavy atom. The molecule has 1 fully saturated rings. The van der Waals surface area contributed by atoms with Gasteiger partial charge in [-0.3, -0.25) is 0 Å². The molecule has 0 spiro atoms. The number of hydrogen-bond donors (Lipinski definition) is 3. The van der Waals surface area contributed by atoms with Gasteiger partial charge in [-0.05, 0) is 31.0 Å². The van der Waals surface area contributed by atoms with Gasteiger partial charge in [0.15, 0.2) is 0 Å². The van der Waals surface area contributed by atoms with Crippen LogP contribution in [0.5, 0.6) is 0 Å². The van der Waals surface area contributed by atoms with Crippen molar-refractivity contribution in [1.29, 1.82) is 0 Å². The summed E-state index contributed by atoms with van der Waals surface area (Å²) in [6.45, 7) is 2.62. The van der Waals surface area contributed by atoms with E-state index in [1.807, 2.05) is 6.92 Å². The summed E-state index contributed by atoms with van der Waals surface area (Å²) in [6, 6.07) is 5.19. The van der Waals surface area contributed by atoms with Gasteiger partial charge in [0.05, 0.1) is 18.2 Å². The van der Waals surface area contributed by atoms with E-state index in [1.165, 1.54) is 24.3 Å². The molecule has 0 radical (unpaired) electrons. The fraction of sp³-hybridized carbons (Fsp3) is 0.500. The number of carbonyl (C=O) groups excluding carboxylic acids is 1. The first-order chi connectivity index (χ1) is 9.56. The lowest BCUT2D eigenvalue weighted by atomic mass is 10.1. The smallest absolute Gasteiger partial charge is 0.315 e. The number of ether oxygens (including phenoxy) is 1. The minimum atomic E-state index is -0.862. The molecule has 3 unspecified atom stereocenters. The molecule has 0 saturated carbocycles. The van der Waals surface area contributed by atoms with Gasteiger partial charge in [0.2, 0.25) is 0 Å². The van der Waals surface area contributed by atoms with Gasteiger partial charge >= 0.3 is 6.03 Å². The lowest BCUT2D eigenvalue weighted by Gasteiger charge is -2.18. The third-order valence-electron chi connectivity index (χ3n) is 3.40. The lowest BCUT2D eigenvalue weighted by Crippen LogP contribution is -2.45. The molecular weight excluding hydrogens is 263 g/mol. The van der Waals surface area contributed by atoms with E-state index >= 15 is 0 Å². The van der Waals surface area contributed by atoms with E-state index < -0.39 is 6.10 Å². The normalized spacial score (nSPS) is 23.4. The molecule has 0 aromatic heterocycles. The van der Waals surface area contributed by atoms with Crippen molar-refractivity contribution >= 4 is 6.03 Å². The highest BCUT2D eigenvalue weighted by molar-refractivity contribution is 5.74. The standard InChI is InChI=1S/C14H19FN2O3/c1-9-12(6-7-20-9)17-14(19)16-8-13(18)10-2-4-11(15)5-3-10/h2-5,9,12-13,18H,6-8H2,1H3,(H2,16,17,19). The Kier molecular flexibility index (Phi) is 4.92. The zero-order valence-electron chi connectivity index (χ0n) is 11.3. The number of aliphatic hydroxyl groups is 1. The van der Waals surface area contributed by atoms with Crippen molar-refractivity contribution in [2.45, 2.75) is 31.6 Å². The Labute approximate surface area is 117 Å². The molecule has 2 amide bonds. The summed E-state index contributed by atoms with van der Waals surface area (Å²) in [5.41, 5.74) is 0.560. The zero-order chi connectivity index (χ0) is 14.5. The number of amides is 2. The first-order valence-electron chi connectivity index (χ1n) is 6.66. The monoisotopic (exact) mass is 282 g/mol. The minimum absolute atomic E-state index is 0.00189. The SMILES string of the molecule is CC1OCCC1NC(=O)NCC(O)c1ccc(F)cc1. The summed E-state index contributed by atoms with van der Waals surface area (Å²) in [7, 11) is 0. The predicted octanol–water partition coefficient (Wildman–Crippen LogP) is 1.34. The lowest BCUT2D eigenvalue weighted by molar-refractivity contribution is 0.113. The van der Waals surface area contributed by atoms with Gasteiger partial charge in [-0.15, -0.1) is 0 Å². The van der Waals surface area contributed by atoms with Crippen molar-refractivity contribution in [3.8, 4) is 0 Å². The van der Waals surface area contributed by atoms with Gasteiger partial charge < -0.3 is 20.5 Å². The van der Waals surface area contributed by atoms with Crippen LogP contribution in [0.1, 0.15) is 25.0 Å². The summed E-state index contributed by atoms with van der Waals surface area (Å²) < 4.78 is 18.1. The quantitative estimate of drug-likeness (QED) is 0.780. The second-order valence-electron chi connectivity index (χ2n) is 4.89. The molecule has 110 valence electrons. The average molecular weight is 282 g/mol. The molecular formula is C14H19FN2O3. The Bertz CT molecular complexity index is 452. The molecule has 1 aliphatic heterocycles. The van der Waals surface area contributed by atoms with E-state index in [-0.39, 0.29) is 30.5 Å². The molecule has 0 bridgehead atoms. The number of benzene rings is 1. The third-order valence-corrected chi connectivity index (χ3v) is 3.40. The molecule has 3 atom stereocenters. The number of nitrogens with one attached hydrogen (secondary N) is 2. The largest absolute Gasteiger partial charge is 0.387 e. The van der Waals surface area contributed by atoms with Gasteiger partial charge in [-0.1, -0.05) is 12.1 Å². The number of aliphatic hydroxyl groups excluding tert-OH is 1. The van der Waals surface area contributed by atoms with Gasteiger partial charge in [0.1, 0.15) is 5.82 Å². The van der Waals surface area contributed by atoms with E-state index in [2.05, 4.69) is 10.6 Å². The highest BCUT2D eigenvalue weighted by atomic mass is 19.1. The topological polar surface area (TPSA) is 70.6 Å². The van der Waals surface area contributed by atoms with Crippen molar-refractivity contribution in [2.75, 3.05) is 13.2 Å². The second kappa shape index (κ2) is 6.67. The maximum Gasteiger partial charge on any atom is 0.315 e. The van der Waals surface area contributed by atoms with Gasteiger partial charge in [0.25, 0.3) is 0 Å². The summed E-state index contributed by atoms with van der Waals surface area (Å²) in [4.78, 5) is 11.7. The van der Waals surface area contributed by atoms with Crippen molar-refractivity contribution in [3.05, 3.63) is 35.6 Å². The Morgan fingerprint density at radius 1 is 1.50 bits per heavy atom. The van der Waals surface area contributed by atoms with Crippen LogP contribution in [0, 0.1) is 5.82 Å². The maximum absolute atomic E-state index is 12.8. The summed E-state index contributed by atoms with van der Waals surface area (Å²) in [6.07, 6.45) is -0.0730. The van der Waals surface area contributed by atoms with E-state index in [0.717, 1.165) is 6.42 Å². The van der Waals surface area contributed by atoms with E-state index in [9.17, 15) is 14.3 Å². The van der Waals surface area contributed by atoms with Crippen LogP contribution in [-0.4, -0.2) is 36.4 Å². The van der Waals surface area contributed by atoms with Gasteiger partial charge in [-0.25, -0.2) is 9.18 Å². The van der Waals surface area contributed by atoms with E-state index in [4.69, 9.17) is 4.74 Å². The fourth-order valence-corrected chi connectivity index (χ4v) is 2.13. The average Bonchev–Trinajstić information content (AvgIpc) is 2.82. The summed E-state index contributed by atoms with van der Waals surface area (Å²) >= 11 is 0. The van der Waals surface area contributed by atoms with Crippen LogP contribution in [0.15, 0.2) is 24.3 Å². The molecule has 2 rings (SSSR count). The maximum atomic E-state index is 12.8. The molecule has 1 saturated heterocycles. The molecule has 6 heteroatoms. The zero-order valence-corrected chi connectivity index (χ0v) is 11.3. The molecule has 0 aliphatic carbocycles. The van der Waals surface area contributed by atoms with Crippen LogP contribution >= 0.6 is 0 Å². The molecule has 1 aromatic rings. The first kappa shape index (κ1) is 14.7. The summed E-state index contributed by atoms with van der Waals surface area (Å²) in [5, 5.41) is 15.3. The fourth-order valence-electron chi connectivity index (χ4n) is 2.13. The van der Waals surface area contributed by atoms with Crippen LogP contribution < -0.4 is 10.6 Å². The van der Waals surface area contributed by atoms with E-state index in [1.54, 1.807) is 0 Å². The molecule has 1 aromatic carbocycles. The predicted molar refractivity (Wildman–Crippen MR) is 71.7 cm³/mol. The van der Waals surface area contributed by atoms with Crippen molar-refractivity contribution in [3.63, 3.8) is 0 Å². The number of urea groups is 1. The molecule has 5 nitrogen and oxygen atoms in total. The van der Waals surface area contributed by atoms with Gasteiger partial charge in [-0.2, -0.15) is 0 Å². The Hall–Kier alpha value is -1.66. The van der Waals surface area contributed by atoms with Crippen LogP contribution in [0.4, 0.5) is 9.18 Å². The van der Waals surface area contributed by atoms with Crippen LogP contribution in [0.25, 0.3) is 0 Å². The van der Waals surface area contributed by atoms with Crippen molar-refractivity contribution < 1.29 is 19.0 Å². The highest BCUT2D eigenvalue weighted by Gasteiger charge is 2.25. The number of rotatable bonds is 4. The number of carbonyl (C=O) groups is 1. The first-order valence-corrected chi connectivity index (χ1v) is 6.66. The number of hydrogen-bond acceptors (Lipinski definition) is 3. The van der Waals surface area contributed by atoms with Crippen molar-refractivity contribution in [2.24, 2.45) is 0 Å². The molecule has 1 heterocycles. The number of halogens is 1. The third kappa shape index (κ3) is 3.91. The molecule has 1 aliphatic rings. The Balaban J connectivity index is 1.76. The Morgan fingerprint density at radius 3 is 2.80 bits per heavy atom.